The summed E-state index contributed by atoms with van der Waals surface area (Å²) in [6, 6.07) is 16.9. The van der Waals surface area contributed by atoms with E-state index in [1.54, 1.807) is 24.3 Å². The van der Waals surface area contributed by atoms with E-state index in [-0.39, 0.29) is 5.91 Å². The fourth-order valence-electron chi connectivity index (χ4n) is 2.65. The van der Waals surface area contributed by atoms with E-state index in [1.807, 2.05) is 35.7 Å². The van der Waals surface area contributed by atoms with Crippen LogP contribution < -0.4 is 5.32 Å². The SMILES string of the molecule is CCc1ccc(-c2csc(NC(=O)c3ccccc3)c2C(=O)OC)cc1. The lowest BCUT2D eigenvalue weighted by Gasteiger charge is -2.08. The molecule has 0 spiro atoms. The summed E-state index contributed by atoms with van der Waals surface area (Å²) in [7, 11) is 1.34. The first kappa shape index (κ1) is 17.9. The van der Waals surface area contributed by atoms with E-state index in [0.29, 0.717) is 16.1 Å². The van der Waals surface area contributed by atoms with Crippen molar-refractivity contribution in [1.82, 2.24) is 0 Å². The Bertz CT molecular complexity index is 914. The molecular weight excluding hydrogens is 346 g/mol. The smallest absolute Gasteiger partial charge is 0.341 e. The van der Waals surface area contributed by atoms with Gasteiger partial charge in [0.15, 0.2) is 0 Å². The van der Waals surface area contributed by atoms with E-state index < -0.39 is 5.97 Å². The molecule has 3 rings (SSSR count). The second-order valence-electron chi connectivity index (χ2n) is 5.72. The Morgan fingerprint density at radius 2 is 1.73 bits per heavy atom. The average Bonchev–Trinajstić information content (AvgIpc) is 3.11. The van der Waals surface area contributed by atoms with Gasteiger partial charge in [-0.15, -0.1) is 11.3 Å². The minimum absolute atomic E-state index is 0.259. The third-order valence-electron chi connectivity index (χ3n) is 4.12. The van der Waals surface area contributed by atoms with Gasteiger partial charge in [-0.3, -0.25) is 4.79 Å². The lowest BCUT2D eigenvalue weighted by Crippen LogP contribution is -2.14. The van der Waals surface area contributed by atoms with Crippen LogP contribution in [0.2, 0.25) is 0 Å². The molecule has 0 aliphatic carbocycles. The summed E-state index contributed by atoms with van der Waals surface area (Å²) >= 11 is 1.31. The second-order valence-corrected chi connectivity index (χ2v) is 6.60. The summed E-state index contributed by atoms with van der Waals surface area (Å²) in [6.45, 7) is 2.09. The first-order valence-electron chi connectivity index (χ1n) is 8.29. The Balaban J connectivity index is 1.97. The van der Waals surface area contributed by atoms with Gasteiger partial charge in [-0.2, -0.15) is 0 Å². The third-order valence-corrected chi connectivity index (χ3v) is 5.01. The molecular formula is C21H19NO3S. The maximum Gasteiger partial charge on any atom is 0.341 e. The second kappa shape index (κ2) is 7.97. The monoisotopic (exact) mass is 365 g/mol. The summed E-state index contributed by atoms with van der Waals surface area (Å²) in [5.41, 5.74) is 3.81. The Kier molecular flexibility index (Phi) is 5.49. The van der Waals surface area contributed by atoms with E-state index in [4.69, 9.17) is 4.74 Å². The highest BCUT2D eigenvalue weighted by molar-refractivity contribution is 7.15. The average molecular weight is 365 g/mol. The molecule has 0 aliphatic heterocycles. The molecule has 5 heteroatoms. The first-order valence-corrected chi connectivity index (χ1v) is 9.17. The number of rotatable bonds is 5. The molecule has 0 unspecified atom stereocenters. The molecule has 0 radical (unpaired) electrons. The lowest BCUT2D eigenvalue weighted by atomic mass is 10.0. The highest BCUT2D eigenvalue weighted by atomic mass is 32.1. The molecule has 26 heavy (non-hydrogen) atoms. The number of carbonyl (C=O) groups excluding carboxylic acids is 2. The van der Waals surface area contributed by atoms with Gasteiger partial charge in [0.25, 0.3) is 5.91 Å². The van der Waals surface area contributed by atoms with Crippen LogP contribution in [0.3, 0.4) is 0 Å². The van der Waals surface area contributed by atoms with Gasteiger partial charge in [-0.25, -0.2) is 4.79 Å². The predicted molar refractivity (Wildman–Crippen MR) is 105 cm³/mol. The summed E-state index contributed by atoms with van der Waals surface area (Å²) < 4.78 is 4.95. The number of amides is 1. The zero-order valence-corrected chi connectivity index (χ0v) is 15.4. The van der Waals surface area contributed by atoms with Gasteiger partial charge in [-0.1, -0.05) is 49.4 Å². The molecule has 1 amide bonds. The maximum atomic E-state index is 12.4. The third kappa shape index (κ3) is 3.68. The van der Waals surface area contributed by atoms with Gasteiger partial charge in [0.1, 0.15) is 10.6 Å². The number of anilines is 1. The van der Waals surface area contributed by atoms with Crippen LogP contribution in [0.15, 0.2) is 60.0 Å². The summed E-state index contributed by atoms with van der Waals surface area (Å²) in [6.07, 6.45) is 0.951. The van der Waals surface area contributed by atoms with Crippen LogP contribution in [0.25, 0.3) is 11.1 Å². The largest absolute Gasteiger partial charge is 0.465 e. The summed E-state index contributed by atoms with van der Waals surface area (Å²) in [5.74, 6) is -0.727. The quantitative estimate of drug-likeness (QED) is 0.646. The minimum atomic E-state index is -0.468. The lowest BCUT2D eigenvalue weighted by molar-refractivity contribution is 0.0603. The number of aryl methyl sites for hydroxylation is 1. The van der Waals surface area contributed by atoms with Crippen molar-refractivity contribution in [2.24, 2.45) is 0 Å². The Morgan fingerprint density at radius 1 is 1.04 bits per heavy atom. The fourth-order valence-corrected chi connectivity index (χ4v) is 3.60. The number of ether oxygens (including phenoxy) is 1. The predicted octanol–water partition coefficient (Wildman–Crippen LogP) is 5.02. The van der Waals surface area contributed by atoms with Crippen molar-refractivity contribution in [2.45, 2.75) is 13.3 Å². The molecule has 0 atom stereocenters. The summed E-state index contributed by atoms with van der Waals surface area (Å²) in [5, 5.41) is 5.19. The maximum absolute atomic E-state index is 12.4. The molecule has 132 valence electrons. The molecule has 0 saturated heterocycles. The van der Waals surface area contributed by atoms with E-state index >= 15 is 0 Å². The molecule has 0 aliphatic rings. The highest BCUT2D eigenvalue weighted by Gasteiger charge is 2.22. The number of thiophene rings is 1. The zero-order valence-electron chi connectivity index (χ0n) is 14.6. The summed E-state index contributed by atoms with van der Waals surface area (Å²) in [4.78, 5) is 24.8. The van der Waals surface area contributed by atoms with Crippen molar-refractivity contribution in [3.05, 3.63) is 76.7 Å². The topological polar surface area (TPSA) is 55.4 Å². The van der Waals surface area contributed by atoms with Gasteiger partial charge in [-0.05, 0) is 29.7 Å². The van der Waals surface area contributed by atoms with Crippen LogP contribution in [-0.4, -0.2) is 19.0 Å². The van der Waals surface area contributed by atoms with Crippen LogP contribution in [0.5, 0.6) is 0 Å². The van der Waals surface area contributed by atoms with Crippen molar-refractivity contribution in [2.75, 3.05) is 12.4 Å². The van der Waals surface area contributed by atoms with E-state index in [2.05, 4.69) is 12.2 Å². The molecule has 1 aromatic heterocycles. The van der Waals surface area contributed by atoms with Crippen LogP contribution in [-0.2, 0) is 11.2 Å². The van der Waals surface area contributed by atoms with E-state index in [1.165, 1.54) is 24.0 Å². The molecule has 1 heterocycles. The number of methoxy groups -OCH3 is 1. The van der Waals surface area contributed by atoms with Crippen LogP contribution >= 0.6 is 11.3 Å². The van der Waals surface area contributed by atoms with Crippen molar-refractivity contribution in [3.8, 4) is 11.1 Å². The Morgan fingerprint density at radius 3 is 2.35 bits per heavy atom. The Hall–Kier alpha value is -2.92. The van der Waals surface area contributed by atoms with Gasteiger partial charge in [0.2, 0.25) is 0 Å². The van der Waals surface area contributed by atoms with E-state index in [0.717, 1.165) is 17.5 Å². The van der Waals surface area contributed by atoms with Gasteiger partial charge in [0, 0.05) is 16.5 Å². The molecule has 0 bridgehead atoms. The fraction of sp³-hybridized carbons (Fsp3) is 0.143. The number of esters is 1. The van der Waals surface area contributed by atoms with E-state index in [9.17, 15) is 9.59 Å². The van der Waals surface area contributed by atoms with Crippen LogP contribution in [0.4, 0.5) is 5.00 Å². The minimum Gasteiger partial charge on any atom is -0.465 e. The number of hydrogen-bond acceptors (Lipinski definition) is 4. The molecule has 1 N–H and O–H groups in total. The Labute approximate surface area is 156 Å². The van der Waals surface area contributed by atoms with Gasteiger partial charge < -0.3 is 10.1 Å². The molecule has 0 fully saturated rings. The highest BCUT2D eigenvalue weighted by Crippen LogP contribution is 2.36. The number of hydrogen-bond donors (Lipinski definition) is 1. The molecule has 3 aromatic rings. The standard InChI is InChI=1S/C21H19NO3S/c1-3-14-9-11-15(12-10-14)17-13-26-20(18(17)21(24)25-2)22-19(23)16-7-5-4-6-8-16/h4-13H,3H2,1-2H3,(H,22,23). The first-order chi connectivity index (χ1) is 12.6. The van der Waals surface area contributed by atoms with Crippen LogP contribution in [0, 0.1) is 0 Å². The van der Waals surface area contributed by atoms with Gasteiger partial charge in [0.05, 0.1) is 7.11 Å². The van der Waals surface area contributed by atoms with Crippen LogP contribution in [0.1, 0.15) is 33.2 Å². The molecule has 4 nitrogen and oxygen atoms in total. The van der Waals surface area contributed by atoms with Gasteiger partial charge >= 0.3 is 5.97 Å². The van der Waals surface area contributed by atoms with Crippen molar-refractivity contribution in [3.63, 3.8) is 0 Å². The van der Waals surface area contributed by atoms with Crippen molar-refractivity contribution < 1.29 is 14.3 Å². The zero-order chi connectivity index (χ0) is 18.5. The number of nitrogens with one attached hydrogen (secondary N) is 1. The molecule has 2 aromatic carbocycles. The number of carbonyl (C=O) groups is 2. The van der Waals surface area contributed by atoms with Crippen molar-refractivity contribution in [1.29, 1.82) is 0 Å². The number of benzene rings is 2. The van der Waals surface area contributed by atoms with Crippen molar-refractivity contribution >= 4 is 28.2 Å². The molecule has 0 saturated carbocycles. The normalized spacial score (nSPS) is 10.4.